The maximum atomic E-state index is 13.4. The van der Waals surface area contributed by atoms with Gasteiger partial charge in [-0.3, -0.25) is 9.69 Å². The molecule has 6 heteroatoms. The molecule has 35 heavy (non-hydrogen) atoms. The second kappa shape index (κ2) is 12.4. The van der Waals surface area contributed by atoms with Crippen molar-refractivity contribution in [3.05, 3.63) is 113 Å². The smallest absolute Gasteiger partial charge is 0.246 e. The molecule has 0 aromatic heterocycles. The maximum absolute atomic E-state index is 13.4. The molecule has 4 nitrogen and oxygen atoms in total. The molecule has 0 saturated carbocycles. The largest absolute Gasteiger partial charge is 0.367 e. The molecule has 1 amide bonds. The summed E-state index contributed by atoms with van der Waals surface area (Å²) in [6.07, 6.45) is 3.97. The van der Waals surface area contributed by atoms with Crippen LogP contribution in [0.25, 0.3) is 6.08 Å². The Balaban J connectivity index is 1.31. The maximum Gasteiger partial charge on any atom is 0.246 e. The van der Waals surface area contributed by atoms with Gasteiger partial charge in [0.15, 0.2) is 0 Å². The first kappa shape index (κ1) is 24.8. The lowest BCUT2D eigenvalue weighted by Crippen LogP contribution is -2.35. The number of ether oxygens (including phenoxy) is 1. The van der Waals surface area contributed by atoms with E-state index in [1.807, 2.05) is 41.3 Å². The first-order valence-corrected chi connectivity index (χ1v) is 12.0. The Morgan fingerprint density at radius 3 is 2.09 bits per heavy atom. The molecule has 3 aromatic rings. The van der Waals surface area contributed by atoms with Crippen molar-refractivity contribution < 1.29 is 18.3 Å². The second-order valence-corrected chi connectivity index (χ2v) is 8.62. The van der Waals surface area contributed by atoms with E-state index in [1.165, 1.54) is 24.3 Å². The summed E-state index contributed by atoms with van der Waals surface area (Å²) in [5.74, 6) is -0.595. The van der Waals surface area contributed by atoms with Crippen molar-refractivity contribution in [2.45, 2.75) is 12.5 Å². The molecule has 0 radical (unpaired) electrons. The third kappa shape index (κ3) is 7.31. The molecule has 3 aromatic carbocycles. The zero-order valence-electron chi connectivity index (χ0n) is 19.7. The average Bonchev–Trinajstić information content (AvgIpc) is 3.13. The number of nitrogens with zero attached hydrogens (tertiary/aromatic N) is 2. The highest BCUT2D eigenvalue weighted by molar-refractivity contribution is 5.91. The van der Waals surface area contributed by atoms with E-state index in [-0.39, 0.29) is 17.5 Å². The molecule has 0 bridgehead atoms. The highest BCUT2D eigenvalue weighted by Gasteiger charge is 2.19. The summed E-state index contributed by atoms with van der Waals surface area (Å²) in [6, 6.07) is 22.2. The first-order chi connectivity index (χ1) is 17.1. The van der Waals surface area contributed by atoms with E-state index in [0.717, 1.165) is 42.7 Å². The normalized spacial score (nSPS) is 15.0. The predicted octanol–water partition coefficient (Wildman–Crippen LogP) is 5.32. The predicted molar refractivity (Wildman–Crippen MR) is 134 cm³/mol. The van der Waals surface area contributed by atoms with E-state index in [9.17, 15) is 13.6 Å². The van der Waals surface area contributed by atoms with Crippen LogP contribution in [-0.2, 0) is 9.53 Å². The van der Waals surface area contributed by atoms with Crippen molar-refractivity contribution in [3.63, 3.8) is 0 Å². The van der Waals surface area contributed by atoms with Crippen LogP contribution in [0.2, 0.25) is 0 Å². The standard InChI is InChI=1S/C29H30F2N2O2/c30-26-12-8-24(9-13-26)29(25-10-14-27(31)15-11-25)35-22-21-32-17-4-18-33(20-19-32)28(34)16-7-23-5-2-1-3-6-23/h1-3,5-16,29H,4,17-22H2/b16-7+. The van der Waals surface area contributed by atoms with Gasteiger partial charge in [0.2, 0.25) is 5.91 Å². The van der Waals surface area contributed by atoms with Crippen LogP contribution in [0.4, 0.5) is 8.78 Å². The molecule has 0 aliphatic carbocycles. The van der Waals surface area contributed by atoms with Gasteiger partial charge in [-0.15, -0.1) is 0 Å². The summed E-state index contributed by atoms with van der Waals surface area (Å²) in [5.41, 5.74) is 2.64. The molecule has 182 valence electrons. The number of hydrogen-bond acceptors (Lipinski definition) is 3. The number of hydrogen-bond donors (Lipinski definition) is 0. The van der Waals surface area contributed by atoms with Gasteiger partial charge < -0.3 is 9.64 Å². The van der Waals surface area contributed by atoms with E-state index in [0.29, 0.717) is 19.7 Å². The summed E-state index contributed by atoms with van der Waals surface area (Å²) < 4.78 is 33.1. The minimum absolute atomic E-state index is 0.0274. The molecule has 4 rings (SSSR count). The third-order valence-electron chi connectivity index (χ3n) is 6.16. The van der Waals surface area contributed by atoms with Crippen LogP contribution >= 0.6 is 0 Å². The number of rotatable bonds is 8. The summed E-state index contributed by atoms with van der Waals surface area (Å²) in [6.45, 7) is 4.21. The summed E-state index contributed by atoms with van der Waals surface area (Å²) >= 11 is 0. The number of benzene rings is 3. The molecule has 1 saturated heterocycles. The van der Waals surface area contributed by atoms with Gasteiger partial charge in [-0.2, -0.15) is 0 Å². The fourth-order valence-corrected chi connectivity index (χ4v) is 4.21. The first-order valence-electron chi connectivity index (χ1n) is 12.0. The Bertz CT molecular complexity index is 1060. The van der Waals surface area contributed by atoms with E-state index >= 15 is 0 Å². The molecular weight excluding hydrogens is 446 g/mol. The molecule has 0 atom stereocenters. The van der Waals surface area contributed by atoms with Crippen LogP contribution in [0.3, 0.4) is 0 Å². The van der Waals surface area contributed by atoms with Gasteiger partial charge in [-0.25, -0.2) is 8.78 Å². The summed E-state index contributed by atoms with van der Waals surface area (Å²) in [4.78, 5) is 16.8. The quantitative estimate of drug-likeness (QED) is 0.413. The van der Waals surface area contributed by atoms with Crippen molar-refractivity contribution in [2.75, 3.05) is 39.3 Å². The molecule has 1 heterocycles. The molecule has 1 aliphatic heterocycles. The Morgan fingerprint density at radius 2 is 1.46 bits per heavy atom. The van der Waals surface area contributed by atoms with Gasteiger partial charge in [0.1, 0.15) is 17.7 Å². The molecule has 1 fully saturated rings. The fraction of sp³-hybridized carbons (Fsp3) is 0.276. The monoisotopic (exact) mass is 476 g/mol. The van der Waals surface area contributed by atoms with Gasteiger partial charge >= 0.3 is 0 Å². The third-order valence-corrected chi connectivity index (χ3v) is 6.16. The highest BCUT2D eigenvalue weighted by atomic mass is 19.1. The van der Waals surface area contributed by atoms with Crippen molar-refractivity contribution in [3.8, 4) is 0 Å². The van der Waals surface area contributed by atoms with Crippen LogP contribution in [0.15, 0.2) is 84.9 Å². The van der Waals surface area contributed by atoms with Crippen LogP contribution in [-0.4, -0.2) is 55.0 Å². The lowest BCUT2D eigenvalue weighted by Gasteiger charge is -2.24. The van der Waals surface area contributed by atoms with Crippen molar-refractivity contribution >= 4 is 12.0 Å². The lowest BCUT2D eigenvalue weighted by molar-refractivity contribution is -0.125. The number of carbonyl (C=O) groups excluding carboxylic acids is 1. The molecule has 0 spiro atoms. The van der Waals surface area contributed by atoms with Gasteiger partial charge in [0.25, 0.3) is 0 Å². The SMILES string of the molecule is O=C(/C=C/c1ccccc1)N1CCCN(CCOC(c2ccc(F)cc2)c2ccc(F)cc2)CC1. The lowest BCUT2D eigenvalue weighted by atomic mass is 10.0. The van der Waals surface area contributed by atoms with Crippen LogP contribution in [0.1, 0.15) is 29.2 Å². The van der Waals surface area contributed by atoms with Gasteiger partial charge in [0, 0.05) is 32.3 Å². The molecular formula is C29H30F2N2O2. The summed E-state index contributed by atoms with van der Waals surface area (Å²) in [7, 11) is 0. The fourth-order valence-electron chi connectivity index (χ4n) is 4.21. The summed E-state index contributed by atoms with van der Waals surface area (Å²) in [5, 5.41) is 0. The second-order valence-electron chi connectivity index (χ2n) is 8.62. The van der Waals surface area contributed by atoms with E-state index in [2.05, 4.69) is 4.90 Å². The van der Waals surface area contributed by atoms with Gasteiger partial charge in [0.05, 0.1) is 6.61 Å². The van der Waals surface area contributed by atoms with Crippen molar-refractivity contribution in [1.82, 2.24) is 9.80 Å². The number of carbonyl (C=O) groups is 1. The van der Waals surface area contributed by atoms with Crippen LogP contribution in [0, 0.1) is 11.6 Å². The Morgan fingerprint density at radius 1 is 0.829 bits per heavy atom. The Hall–Kier alpha value is -3.35. The van der Waals surface area contributed by atoms with Crippen LogP contribution < -0.4 is 0 Å². The van der Waals surface area contributed by atoms with Gasteiger partial charge in [-0.1, -0.05) is 54.6 Å². The van der Waals surface area contributed by atoms with E-state index in [4.69, 9.17) is 4.74 Å². The molecule has 0 N–H and O–H groups in total. The van der Waals surface area contributed by atoms with E-state index < -0.39 is 6.10 Å². The zero-order chi connectivity index (χ0) is 24.5. The molecule has 1 aliphatic rings. The molecule has 0 unspecified atom stereocenters. The number of halogens is 2. The minimum Gasteiger partial charge on any atom is -0.367 e. The Labute approximate surface area is 205 Å². The highest BCUT2D eigenvalue weighted by Crippen LogP contribution is 2.26. The Kier molecular flexibility index (Phi) is 8.76. The van der Waals surface area contributed by atoms with Crippen molar-refractivity contribution in [1.29, 1.82) is 0 Å². The van der Waals surface area contributed by atoms with Gasteiger partial charge in [-0.05, 0) is 60.0 Å². The van der Waals surface area contributed by atoms with Crippen molar-refractivity contribution in [2.24, 2.45) is 0 Å². The van der Waals surface area contributed by atoms with Crippen LogP contribution in [0.5, 0.6) is 0 Å². The average molecular weight is 477 g/mol. The topological polar surface area (TPSA) is 32.8 Å². The minimum atomic E-state index is -0.413. The van der Waals surface area contributed by atoms with E-state index in [1.54, 1.807) is 30.3 Å². The number of amides is 1. The zero-order valence-corrected chi connectivity index (χ0v) is 19.7.